The number of ketones is 1. The zero-order valence-corrected chi connectivity index (χ0v) is 14.2. The van der Waals surface area contributed by atoms with E-state index in [1.54, 1.807) is 19.1 Å². The molecule has 0 spiro atoms. The molecule has 25 heavy (non-hydrogen) atoms. The number of hydrogen-bond acceptors (Lipinski definition) is 4. The highest BCUT2D eigenvalue weighted by Gasteiger charge is 2.35. The number of carbonyl (C=O) groups is 2. The Morgan fingerprint density at radius 2 is 1.92 bits per heavy atom. The van der Waals surface area contributed by atoms with Crippen molar-refractivity contribution in [2.24, 2.45) is 0 Å². The fraction of sp³-hybridized carbons (Fsp3) is 0.263. The molecule has 1 aromatic carbocycles. The van der Waals surface area contributed by atoms with Crippen LogP contribution in [0.1, 0.15) is 33.0 Å². The predicted molar refractivity (Wildman–Crippen MR) is 89.0 cm³/mol. The topological polar surface area (TPSA) is 70.7 Å². The summed E-state index contributed by atoms with van der Waals surface area (Å²) in [4.78, 5) is 25.8. The van der Waals surface area contributed by atoms with Gasteiger partial charge in [-0.05, 0) is 37.1 Å². The Balaban J connectivity index is 2.00. The summed E-state index contributed by atoms with van der Waals surface area (Å²) in [6.45, 7) is 3.63. The van der Waals surface area contributed by atoms with E-state index in [9.17, 15) is 19.1 Å². The number of hydrogen-bond donors (Lipinski definition) is 1. The van der Waals surface area contributed by atoms with Gasteiger partial charge in [-0.25, -0.2) is 4.39 Å². The number of nitrogens with zero attached hydrogens (tertiary/aromatic N) is 1. The van der Waals surface area contributed by atoms with E-state index in [1.165, 1.54) is 24.1 Å². The number of carbonyl (C=O) groups excluding carboxylic acids is 2. The first kappa shape index (κ1) is 17.0. The average molecular weight is 343 g/mol. The standard InChI is InChI=1S/C19H18FNO4/c1-10-11(2)25-18(14(10)8-12-4-6-13(20)7-5-12)16(22)15-9-21(3)19(24)17(15)23/h4-7,23H,8-9H2,1-3H3. The van der Waals surface area contributed by atoms with Crippen molar-refractivity contribution in [2.75, 3.05) is 13.6 Å². The Morgan fingerprint density at radius 3 is 2.48 bits per heavy atom. The summed E-state index contributed by atoms with van der Waals surface area (Å²) in [6.07, 6.45) is 0.391. The van der Waals surface area contributed by atoms with Gasteiger partial charge in [0.05, 0.1) is 12.1 Å². The lowest BCUT2D eigenvalue weighted by atomic mass is 9.97. The van der Waals surface area contributed by atoms with Crippen LogP contribution in [-0.4, -0.2) is 35.3 Å². The fourth-order valence-electron chi connectivity index (χ4n) is 2.89. The zero-order valence-electron chi connectivity index (χ0n) is 14.2. The molecule has 5 nitrogen and oxygen atoms in total. The number of likely N-dealkylation sites (N-methyl/N-ethyl adjacent to an activating group) is 1. The molecule has 2 aromatic rings. The molecule has 0 unspecified atom stereocenters. The van der Waals surface area contributed by atoms with Gasteiger partial charge in [-0.2, -0.15) is 0 Å². The maximum absolute atomic E-state index is 13.1. The summed E-state index contributed by atoms with van der Waals surface area (Å²) in [5.41, 5.74) is 2.36. The first-order valence-electron chi connectivity index (χ1n) is 7.85. The summed E-state index contributed by atoms with van der Waals surface area (Å²) in [5.74, 6) is -1.23. The molecule has 0 saturated heterocycles. The van der Waals surface area contributed by atoms with Gasteiger partial charge in [-0.1, -0.05) is 12.1 Å². The largest absolute Gasteiger partial charge is 0.503 e. The van der Waals surface area contributed by atoms with Crippen molar-refractivity contribution >= 4 is 11.7 Å². The Hall–Kier alpha value is -2.89. The highest BCUT2D eigenvalue weighted by Crippen LogP contribution is 2.29. The molecule has 1 amide bonds. The van der Waals surface area contributed by atoms with Gasteiger partial charge in [0, 0.05) is 19.0 Å². The number of halogens is 1. The maximum Gasteiger partial charge on any atom is 0.289 e. The molecule has 1 aliphatic rings. The van der Waals surface area contributed by atoms with Crippen LogP contribution in [0.5, 0.6) is 0 Å². The van der Waals surface area contributed by atoms with E-state index in [1.807, 2.05) is 6.92 Å². The lowest BCUT2D eigenvalue weighted by Crippen LogP contribution is -2.22. The third-order valence-electron chi connectivity index (χ3n) is 4.51. The number of aryl methyl sites for hydroxylation is 1. The zero-order chi connectivity index (χ0) is 18.3. The SMILES string of the molecule is Cc1oc(C(=O)C2=C(O)C(=O)N(C)C2)c(Cc2ccc(F)cc2)c1C. The molecule has 130 valence electrons. The summed E-state index contributed by atoms with van der Waals surface area (Å²) >= 11 is 0. The molecule has 0 aliphatic carbocycles. The van der Waals surface area contributed by atoms with Crippen LogP contribution in [0.4, 0.5) is 4.39 Å². The number of rotatable bonds is 4. The quantitative estimate of drug-likeness (QED) is 0.866. The molecule has 1 aliphatic heterocycles. The number of Topliss-reactive ketones (excluding diaryl/α,β-unsaturated/α-hetero) is 1. The second-order valence-corrected chi connectivity index (χ2v) is 6.21. The normalized spacial score (nSPS) is 14.6. The number of amides is 1. The second-order valence-electron chi connectivity index (χ2n) is 6.21. The molecule has 2 heterocycles. The minimum absolute atomic E-state index is 0.0293. The summed E-state index contributed by atoms with van der Waals surface area (Å²) in [5, 5.41) is 9.93. The van der Waals surface area contributed by atoms with Crippen molar-refractivity contribution in [2.45, 2.75) is 20.3 Å². The number of aliphatic hydroxyl groups is 1. The lowest BCUT2D eigenvalue weighted by Gasteiger charge is -2.07. The second kappa shape index (κ2) is 6.20. The summed E-state index contributed by atoms with van der Waals surface area (Å²) < 4.78 is 18.7. The molecular weight excluding hydrogens is 325 g/mol. The summed E-state index contributed by atoms with van der Waals surface area (Å²) in [6, 6.07) is 6.01. The Morgan fingerprint density at radius 1 is 1.28 bits per heavy atom. The fourth-order valence-corrected chi connectivity index (χ4v) is 2.89. The van der Waals surface area contributed by atoms with Crippen LogP contribution < -0.4 is 0 Å². The van der Waals surface area contributed by atoms with Gasteiger partial charge in [-0.3, -0.25) is 9.59 Å². The van der Waals surface area contributed by atoms with Crippen molar-refractivity contribution in [1.29, 1.82) is 0 Å². The third-order valence-corrected chi connectivity index (χ3v) is 4.51. The van der Waals surface area contributed by atoms with E-state index < -0.39 is 17.4 Å². The molecule has 0 radical (unpaired) electrons. The van der Waals surface area contributed by atoms with Gasteiger partial charge >= 0.3 is 0 Å². The van der Waals surface area contributed by atoms with Crippen molar-refractivity contribution in [3.05, 3.63) is 69.6 Å². The van der Waals surface area contributed by atoms with Crippen molar-refractivity contribution in [1.82, 2.24) is 4.90 Å². The van der Waals surface area contributed by atoms with Crippen LogP contribution in [0.15, 0.2) is 40.0 Å². The Labute approximate surface area is 144 Å². The highest BCUT2D eigenvalue weighted by atomic mass is 19.1. The number of aliphatic hydroxyl groups excluding tert-OH is 1. The van der Waals surface area contributed by atoms with Crippen LogP contribution in [0.25, 0.3) is 0 Å². The van der Waals surface area contributed by atoms with Crippen LogP contribution in [0.3, 0.4) is 0 Å². The third kappa shape index (κ3) is 2.95. The van der Waals surface area contributed by atoms with Gasteiger partial charge in [0.1, 0.15) is 11.6 Å². The minimum Gasteiger partial charge on any atom is -0.503 e. The van der Waals surface area contributed by atoms with E-state index >= 15 is 0 Å². The molecular formula is C19H18FNO4. The predicted octanol–water partition coefficient (Wildman–Crippen LogP) is 3.09. The minimum atomic E-state index is -0.580. The molecule has 0 bridgehead atoms. The summed E-state index contributed by atoms with van der Waals surface area (Å²) in [7, 11) is 1.51. The van der Waals surface area contributed by atoms with Gasteiger partial charge in [0.25, 0.3) is 5.91 Å². The van der Waals surface area contributed by atoms with E-state index in [0.29, 0.717) is 17.7 Å². The monoisotopic (exact) mass is 343 g/mol. The van der Waals surface area contributed by atoms with E-state index in [4.69, 9.17) is 4.42 Å². The van der Waals surface area contributed by atoms with Crippen LogP contribution in [0.2, 0.25) is 0 Å². The number of benzene rings is 1. The Bertz CT molecular complexity index is 893. The molecule has 1 aromatic heterocycles. The molecule has 0 fully saturated rings. The lowest BCUT2D eigenvalue weighted by molar-refractivity contribution is -0.126. The molecule has 6 heteroatoms. The molecule has 1 N–H and O–H groups in total. The first-order chi connectivity index (χ1) is 11.8. The van der Waals surface area contributed by atoms with E-state index in [0.717, 1.165) is 11.1 Å². The first-order valence-corrected chi connectivity index (χ1v) is 7.85. The number of furan rings is 1. The average Bonchev–Trinajstić information content (AvgIpc) is 3.01. The molecule has 3 rings (SSSR count). The smallest absolute Gasteiger partial charge is 0.289 e. The molecule has 0 atom stereocenters. The van der Waals surface area contributed by atoms with Crippen molar-refractivity contribution < 1.29 is 23.5 Å². The van der Waals surface area contributed by atoms with Gasteiger partial charge in [0.15, 0.2) is 11.5 Å². The van der Waals surface area contributed by atoms with Crippen LogP contribution in [-0.2, 0) is 11.2 Å². The highest BCUT2D eigenvalue weighted by molar-refractivity contribution is 6.14. The van der Waals surface area contributed by atoms with Crippen LogP contribution in [0, 0.1) is 19.7 Å². The Kier molecular flexibility index (Phi) is 4.20. The van der Waals surface area contributed by atoms with Crippen LogP contribution >= 0.6 is 0 Å². The van der Waals surface area contributed by atoms with E-state index in [2.05, 4.69) is 0 Å². The van der Waals surface area contributed by atoms with Gasteiger partial charge in [0.2, 0.25) is 5.78 Å². The van der Waals surface area contributed by atoms with Crippen molar-refractivity contribution in [3.63, 3.8) is 0 Å². The molecule has 0 saturated carbocycles. The van der Waals surface area contributed by atoms with E-state index in [-0.39, 0.29) is 23.7 Å². The maximum atomic E-state index is 13.1. The van der Waals surface area contributed by atoms with Gasteiger partial charge in [-0.15, -0.1) is 0 Å². The van der Waals surface area contributed by atoms with Gasteiger partial charge < -0.3 is 14.4 Å². The van der Waals surface area contributed by atoms with Crippen molar-refractivity contribution in [3.8, 4) is 0 Å².